The quantitative estimate of drug-likeness (QED) is 0.845. The van der Waals surface area contributed by atoms with E-state index in [1.165, 1.54) is 36.0 Å². The topological polar surface area (TPSA) is 20.5 Å². The van der Waals surface area contributed by atoms with Gasteiger partial charge in [-0.05, 0) is 44.0 Å². The Morgan fingerprint density at radius 3 is 3.10 bits per heavy atom. The van der Waals surface area contributed by atoms with Crippen LogP contribution in [-0.4, -0.2) is 34.8 Å². The number of nitrogens with zero attached hydrogens (tertiary/aromatic N) is 3. The smallest absolute Gasteiger partial charge is 0.0860 e. The van der Waals surface area contributed by atoms with Crippen LogP contribution < -0.4 is 0 Å². The van der Waals surface area contributed by atoms with Crippen molar-refractivity contribution in [1.82, 2.24) is 9.47 Å². The van der Waals surface area contributed by atoms with Crippen LogP contribution in [0.1, 0.15) is 35.6 Å². The summed E-state index contributed by atoms with van der Waals surface area (Å²) in [6.45, 7) is 7.01. The van der Waals surface area contributed by atoms with E-state index in [4.69, 9.17) is 0 Å². The SMILES string of the molecule is Cc1ccc2c(c1)c1c(n2CCC2C=N2)CN2CCC1C2. The molecule has 0 spiro atoms. The van der Waals surface area contributed by atoms with Gasteiger partial charge in [-0.1, -0.05) is 11.6 Å². The molecule has 1 aromatic carbocycles. The van der Waals surface area contributed by atoms with E-state index in [2.05, 4.69) is 45.8 Å². The predicted molar refractivity (Wildman–Crippen MR) is 86.2 cm³/mol. The van der Waals surface area contributed by atoms with E-state index in [9.17, 15) is 0 Å². The van der Waals surface area contributed by atoms with Gasteiger partial charge in [0.15, 0.2) is 0 Å². The molecule has 0 amide bonds. The van der Waals surface area contributed by atoms with Crippen LogP contribution in [0.3, 0.4) is 0 Å². The van der Waals surface area contributed by atoms with Crippen molar-refractivity contribution in [3.63, 3.8) is 0 Å². The lowest BCUT2D eigenvalue weighted by atomic mass is 9.93. The normalized spacial score (nSPS) is 29.1. The summed E-state index contributed by atoms with van der Waals surface area (Å²) in [7, 11) is 0. The van der Waals surface area contributed by atoms with Crippen molar-refractivity contribution < 1.29 is 0 Å². The van der Waals surface area contributed by atoms with Crippen LogP contribution in [-0.2, 0) is 13.1 Å². The fourth-order valence-corrected chi connectivity index (χ4v) is 4.32. The molecule has 3 aliphatic heterocycles. The van der Waals surface area contributed by atoms with Gasteiger partial charge in [-0.3, -0.25) is 9.89 Å². The Labute approximate surface area is 125 Å². The molecule has 3 heteroatoms. The minimum absolute atomic E-state index is 0.518. The number of hydrogen-bond donors (Lipinski definition) is 0. The van der Waals surface area contributed by atoms with E-state index in [0.717, 1.165) is 25.4 Å². The van der Waals surface area contributed by atoms with Crippen LogP contribution in [0.25, 0.3) is 10.9 Å². The van der Waals surface area contributed by atoms with Gasteiger partial charge >= 0.3 is 0 Å². The highest BCUT2D eigenvalue weighted by Gasteiger charge is 2.35. The molecule has 0 aliphatic carbocycles. The Bertz CT molecular complexity index is 749. The predicted octanol–water partition coefficient (Wildman–Crippen LogP) is 3.10. The third-order valence-corrected chi connectivity index (χ3v) is 5.43. The number of aromatic nitrogens is 1. The Morgan fingerprint density at radius 2 is 2.24 bits per heavy atom. The number of rotatable bonds is 3. The van der Waals surface area contributed by atoms with E-state index in [0.29, 0.717) is 6.04 Å². The average Bonchev–Trinajstić information content (AvgIpc) is 3.16. The molecule has 21 heavy (non-hydrogen) atoms. The Balaban J connectivity index is 1.68. The lowest BCUT2D eigenvalue weighted by Gasteiger charge is -2.24. The molecule has 3 nitrogen and oxygen atoms in total. The molecule has 3 atom stereocenters. The van der Waals surface area contributed by atoms with E-state index in [-0.39, 0.29) is 0 Å². The van der Waals surface area contributed by atoms with Crippen molar-refractivity contribution in [3.05, 3.63) is 35.0 Å². The molecular formula is C18H21N3. The van der Waals surface area contributed by atoms with Crippen molar-refractivity contribution in [3.8, 4) is 0 Å². The minimum atomic E-state index is 0.518. The lowest BCUT2D eigenvalue weighted by Crippen LogP contribution is -2.26. The van der Waals surface area contributed by atoms with Crippen molar-refractivity contribution >= 4 is 17.1 Å². The molecule has 2 bridgehead atoms. The van der Waals surface area contributed by atoms with Gasteiger partial charge < -0.3 is 4.57 Å². The fraction of sp³-hybridized carbons (Fsp3) is 0.500. The number of fused-ring (bicyclic) bond motifs is 6. The van der Waals surface area contributed by atoms with E-state index in [1.807, 2.05) is 0 Å². The molecule has 3 unspecified atom stereocenters. The molecule has 0 saturated carbocycles. The van der Waals surface area contributed by atoms with Gasteiger partial charge in [0, 0.05) is 48.4 Å². The summed E-state index contributed by atoms with van der Waals surface area (Å²) in [5.74, 6) is 0.761. The van der Waals surface area contributed by atoms with Crippen LogP contribution in [0.4, 0.5) is 0 Å². The first-order valence-corrected chi connectivity index (χ1v) is 8.17. The third kappa shape index (κ3) is 1.80. The van der Waals surface area contributed by atoms with E-state index < -0.39 is 0 Å². The van der Waals surface area contributed by atoms with Gasteiger partial charge in [0.2, 0.25) is 0 Å². The summed E-state index contributed by atoms with van der Waals surface area (Å²) in [4.78, 5) is 6.93. The Kier molecular flexibility index (Phi) is 2.40. The number of benzene rings is 1. The van der Waals surface area contributed by atoms with Crippen molar-refractivity contribution in [2.45, 2.75) is 44.8 Å². The standard InChI is InChI=1S/C18H21N3/c1-12-2-3-16-15(8-12)18-13-4-6-20(10-13)11-17(18)21(16)7-5-14-9-19-14/h2-3,8-9,13-14H,4-7,10-11H2,1H3. The van der Waals surface area contributed by atoms with E-state index in [1.54, 1.807) is 11.3 Å². The molecule has 3 aliphatic rings. The number of aliphatic imine (C=N–C) groups is 1. The van der Waals surface area contributed by atoms with Gasteiger partial charge in [0.05, 0.1) is 6.04 Å². The summed E-state index contributed by atoms with van der Waals surface area (Å²) >= 11 is 0. The van der Waals surface area contributed by atoms with Gasteiger partial charge in [0.25, 0.3) is 0 Å². The average molecular weight is 279 g/mol. The largest absolute Gasteiger partial charge is 0.343 e. The summed E-state index contributed by atoms with van der Waals surface area (Å²) < 4.78 is 2.59. The third-order valence-electron chi connectivity index (χ3n) is 5.43. The highest BCUT2D eigenvalue weighted by Crippen LogP contribution is 2.42. The van der Waals surface area contributed by atoms with E-state index >= 15 is 0 Å². The van der Waals surface area contributed by atoms with Crippen molar-refractivity contribution in [2.24, 2.45) is 4.99 Å². The first-order chi connectivity index (χ1) is 10.3. The molecular weight excluding hydrogens is 258 g/mol. The van der Waals surface area contributed by atoms with Crippen LogP contribution in [0.15, 0.2) is 23.2 Å². The van der Waals surface area contributed by atoms with Crippen molar-refractivity contribution in [1.29, 1.82) is 0 Å². The summed E-state index contributed by atoms with van der Waals surface area (Å²) in [6, 6.07) is 7.52. The zero-order valence-electron chi connectivity index (χ0n) is 12.5. The number of hydrogen-bond acceptors (Lipinski definition) is 2. The van der Waals surface area contributed by atoms with Gasteiger partial charge in [-0.15, -0.1) is 0 Å². The molecule has 1 saturated heterocycles. The van der Waals surface area contributed by atoms with Crippen LogP contribution in [0.2, 0.25) is 0 Å². The second-order valence-electron chi connectivity index (χ2n) is 6.91. The van der Waals surface area contributed by atoms with Gasteiger partial charge in [-0.2, -0.15) is 0 Å². The monoisotopic (exact) mass is 279 g/mol. The molecule has 5 rings (SSSR count). The highest BCUT2D eigenvalue weighted by atomic mass is 15.2. The zero-order valence-corrected chi connectivity index (χ0v) is 12.5. The highest BCUT2D eigenvalue weighted by molar-refractivity contribution is 5.87. The van der Waals surface area contributed by atoms with Gasteiger partial charge in [0.1, 0.15) is 0 Å². The molecule has 108 valence electrons. The first-order valence-electron chi connectivity index (χ1n) is 8.17. The van der Waals surface area contributed by atoms with Crippen molar-refractivity contribution in [2.75, 3.05) is 13.1 Å². The molecule has 2 aromatic rings. The maximum atomic E-state index is 4.30. The Morgan fingerprint density at radius 1 is 1.33 bits per heavy atom. The summed E-state index contributed by atoms with van der Waals surface area (Å²) in [5, 5.41) is 1.52. The summed E-state index contributed by atoms with van der Waals surface area (Å²) in [6.07, 6.45) is 4.58. The number of aryl methyl sites for hydroxylation is 2. The summed E-state index contributed by atoms with van der Waals surface area (Å²) in [5.41, 5.74) is 6.08. The maximum absolute atomic E-state index is 4.30. The molecule has 4 heterocycles. The molecule has 0 N–H and O–H groups in total. The zero-order chi connectivity index (χ0) is 14.0. The van der Waals surface area contributed by atoms with Crippen LogP contribution in [0, 0.1) is 6.92 Å². The first kappa shape index (κ1) is 12.0. The van der Waals surface area contributed by atoms with Crippen LogP contribution in [0.5, 0.6) is 0 Å². The Hall–Kier alpha value is -1.61. The van der Waals surface area contributed by atoms with Gasteiger partial charge in [-0.25, -0.2) is 0 Å². The fourth-order valence-electron chi connectivity index (χ4n) is 4.32. The lowest BCUT2D eigenvalue weighted by molar-refractivity contribution is 0.303. The molecule has 1 fully saturated rings. The second-order valence-corrected chi connectivity index (χ2v) is 6.91. The maximum Gasteiger partial charge on any atom is 0.0860 e. The van der Waals surface area contributed by atoms with Crippen LogP contribution >= 0.6 is 0 Å². The molecule has 0 radical (unpaired) electrons. The second kappa shape index (κ2) is 4.20. The minimum Gasteiger partial charge on any atom is -0.343 e. The molecule has 1 aromatic heterocycles.